The van der Waals surface area contributed by atoms with Crippen LogP contribution in [0, 0.1) is 0 Å². The molecule has 2 aromatic heterocycles. The largest absolute Gasteiger partial charge is 0.418 e. The zero-order chi connectivity index (χ0) is 11.7. The fraction of sp³-hybridized carbons (Fsp3) is 0.556. The Morgan fingerprint density at radius 2 is 1.94 bits per heavy atom. The van der Waals surface area contributed by atoms with Crippen molar-refractivity contribution in [1.82, 2.24) is 19.8 Å². The number of nitrogens with zero attached hydrogens (tertiary/aromatic N) is 4. The van der Waals surface area contributed by atoms with Gasteiger partial charge >= 0.3 is 0 Å². The zero-order valence-corrected chi connectivity index (χ0v) is 10.2. The second-order valence-electron chi connectivity index (χ2n) is 3.88. The Kier molecular flexibility index (Phi) is 2.97. The second kappa shape index (κ2) is 4.26. The maximum absolute atomic E-state index is 5.65. The van der Waals surface area contributed by atoms with Gasteiger partial charge in [-0.1, -0.05) is 18.3 Å². The fourth-order valence-electron chi connectivity index (χ4n) is 1.23. The van der Waals surface area contributed by atoms with E-state index in [0.717, 1.165) is 10.6 Å². The Morgan fingerprint density at radius 3 is 2.50 bits per heavy atom. The van der Waals surface area contributed by atoms with Gasteiger partial charge < -0.3 is 10.2 Å². The third-order valence-electron chi connectivity index (χ3n) is 2.08. The molecule has 0 saturated carbocycles. The molecule has 0 amide bonds. The minimum atomic E-state index is -0.260. The summed E-state index contributed by atoms with van der Waals surface area (Å²) >= 11 is 1.26. The Bertz CT molecular complexity index is 476. The molecule has 2 aromatic rings. The van der Waals surface area contributed by atoms with Crippen LogP contribution in [0.4, 0.5) is 0 Å². The van der Waals surface area contributed by atoms with E-state index in [0.29, 0.717) is 11.8 Å². The van der Waals surface area contributed by atoms with Crippen molar-refractivity contribution in [3.05, 3.63) is 11.6 Å². The normalized spacial score (nSPS) is 13.3. The molecule has 1 unspecified atom stereocenters. The quantitative estimate of drug-likeness (QED) is 0.877. The van der Waals surface area contributed by atoms with Crippen LogP contribution in [0.15, 0.2) is 4.42 Å². The van der Waals surface area contributed by atoms with Gasteiger partial charge in [-0.3, -0.25) is 0 Å². The van der Waals surface area contributed by atoms with Gasteiger partial charge in [-0.2, -0.15) is 0 Å². The van der Waals surface area contributed by atoms with Gasteiger partial charge in [-0.25, -0.2) is 0 Å². The molecule has 6 nitrogen and oxygen atoms in total. The lowest BCUT2D eigenvalue weighted by Gasteiger charge is -1.99. The number of hydrogen-bond donors (Lipinski definition) is 1. The minimum absolute atomic E-state index is 0.260. The molecular weight excluding hydrogens is 226 g/mol. The summed E-state index contributed by atoms with van der Waals surface area (Å²) in [6, 6.07) is -0.260. The van der Waals surface area contributed by atoms with Gasteiger partial charge in [0.2, 0.25) is 5.89 Å². The maximum Gasteiger partial charge on any atom is 0.261 e. The van der Waals surface area contributed by atoms with Gasteiger partial charge in [-0.05, 0) is 24.4 Å². The summed E-state index contributed by atoms with van der Waals surface area (Å²) in [7, 11) is 0. The molecule has 16 heavy (non-hydrogen) atoms. The molecule has 0 aliphatic heterocycles. The van der Waals surface area contributed by atoms with Crippen LogP contribution in [-0.2, 0) is 0 Å². The van der Waals surface area contributed by atoms with Gasteiger partial charge in [0, 0.05) is 0 Å². The van der Waals surface area contributed by atoms with E-state index < -0.39 is 0 Å². The summed E-state index contributed by atoms with van der Waals surface area (Å²) in [6.45, 7) is 5.89. The van der Waals surface area contributed by atoms with Crippen molar-refractivity contribution in [1.29, 1.82) is 0 Å². The lowest BCUT2D eigenvalue weighted by atomic mass is 10.1. The molecule has 2 N–H and O–H groups in total. The highest BCUT2D eigenvalue weighted by atomic mass is 32.1. The number of hydrogen-bond acceptors (Lipinski definition) is 7. The van der Waals surface area contributed by atoms with E-state index >= 15 is 0 Å². The van der Waals surface area contributed by atoms with Gasteiger partial charge in [0.1, 0.15) is 4.88 Å². The third kappa shape index (κ3) is 1.96. The first kappa shape index (κ1) is 11.2. The van der Waals surface area contributed by atoms with Crippen molar-refractivity contribution in [2.75, 3.05) is 0 Å². The van der Waals surface area contributed by atoms with E-state index in [1.807, 2.05) is 13.8 Å². The van der Waals surface area contributed by atoms with E-state index in [2.05, 4.69) is 19.8 Å². The van der Waals surface area contributed by atoms with Crippen molar-refractivity contribution < 1.29 is 4.42 Å². The predicted molar refractivity (Wildman–Crippen MR) is 59.9 cm³/mol. The standard InChI is InChI=1S/C9H13N5OS/c1-4(2)6-7(16-14-11-6)9-13-12-8(15-9)5(3)10/h4-5H,10H2,1-3H3. The Balaban J connectivity index is 2.39. The molecule has 2 rings (SSSR count). The van der Waals surface area contributed by atoms with Crippen LogP contribution >= 0.6 is 11.5 Å². The van der Waals surface area contributed by atoms with E-state index in [1.54, 1.807) is 6.92 Å². The predicted octanol–water partition coefficient (Wildman–Crippen LogP) is 1.73. The molecule has 0 bridgehead atoms. The van der Waals surface area contributed by atoms with E-state index in [-0.39, 0.29) is 12.0 Å². The summed E-state index contributed by atoms with van der Waals surface area (Å²) in [5.41, 5.74) is 6.53. The van der Waals surface area contributed by atoms with Gasteiger partial charge in [0.05, 0.1) is 11.7 Å². The smallest absolute Gasteiger partial charge is 0.261 e. The summed E-state index contributed by atoms with van der Waals surface area (Å²) in [5.74, 6) is 1.16. The molecule has 2 heterocycles. The topological polar surface area (TPSA) is 90.7 Å². The molecule has 0 radical (unpaired) electrons. The summed E-state index contributed by atoms with van der Waals surface area (Å²) in [4.78, 5) is 0.828. The van der Waals surface area contributed by atoms with Crippen molar-refractivity contribution >= 4 is 11.5 Å². The highest BCUT2D eigenvalue weighted by Crippen LogP contribution is 2.30. The zero-order valence-electron chi connectivity index (χ0n) is 9.34. The summed E-state index contributed by atoms with van der Waals surface area (Å²) < 4.78 is 9.37. The molecule has 0 aromatic carbocycles. The monoisotopic (exact) mass is 239 g/mol. The Hall–Kier alpha value is -1.34. The average molecular weight is 239 g/mol. The summed E-state index contributed by atoms with van der Waals surface area (Å²) in [5, 5.41) is 11.9. The van der Waals surface area contributed by atoms with Crippen molar-refractivity contribution in [3.63, 3.8) is 0 Å². The van der Waals surface area contributed by atoms with E-state index in [4.69, 9.17) is 10.2 Å². The molecule has 7 heteroatoms. The molecule has 1 atom stereocenters. The van der Waals surface area contributed by atoms with Crippen molar-refractivity contribution in [3.8, 4) is 10.8 Å². The SMILES string of the molecule is CC(C)c1nnsc1-c1nnc(C(C)N)o1. The fourth-order valence-corrected chi connectivity index (χ4v) is 1.98. The van der Waals surface area contributed by atoms with Crippen LogP contribution in [-0.4, -0.2) is 19.8 Å². The Morgan fingerprint density at radius 1 is 1.19 bits per heavy atom. The molecule has 0 aliphatic carbocycles. The van der Waals surface area contributed by atoms with E-state index in [1.165, 1.54) is 11.5 Å². The molecule has 0 spiro atoms. The first-order chi connectivity index (χ1) is 7.59. The van der Waals surface area contributed by atoms with Crippen molar-refractivity contribution in [2.24, 2.45) is 5.73 Å². The molecule has 0 saturated heterocycles. The van der Waals surface area contributed by atoms with Gasteiger partial charge in [0.25, 0.3) is 5.89 Å². The van der Waals surface area contributed by atoms with Crippen LogP contribution in [0.3, 0.4) is 0 Å². The van der Waals surface area contributed by atoms with Crippen molar-refractivity contribution in [2.45, 2.75) is 32.7 Å². The molecule has 0 fully saturated rings. The molecule has 86 valence electrons. The first-order valence-electron chi connectivity index (χ1n) is 5.01. The second-order valence-corrected chi connectivity index (χ2v) is 4.63. The first-order valence-corrected chi connectivity index (χ1v) is 5.78. The average Bonchev–Trinajstić information content (AvgIpc) is 2.86. The maximum atomic E-state index is 5.65. The minimum Gasteiger partial charge on any atom is -0.418 e. The van der Waals surface area contributed by atoms with Gasteiger partial charge in [0.15, 0.2) is 0 Å². The lowest BCUT2D eigenvalue weighted by molar-refractivity contribution is 0.473. The number of rotatable bonds is 3. The van der Waals surface area contributed by atoms with E-state index in [9.17, 15) is 0 Å². The number of aromatic nitrogens is 4. The number of nitrogens with two attached hydrogens (primary N) is 1. The highest BCUT2D eigenvalue weighted by Gasteiger charge is 2.19. The summed E-state index contributed by atoms with van der Waals surface area (Å²) in [6.07, 6.45) is 0. The Labute approximate surface area is 97.0 Å². The van der Waals surface area contributed by atoms with Crippen LogP contribution in [0.25, 0.3) is 10.8 Å². The van der Waals surface area contributed by atoms with Gasteiger partial charge in [-0.15, -0.1) is 15.3 Å². The van der Waals surface area contributed by atoms with Crippen LogP contribution in [0.5, 0.6) is 0 Å². The van der Waals surface area contributed by atoms with Crippen LogP contribution < -0.4 is 5.73 Å². The highest BCUT2D eigenvalue weighted by molar-refractivity contribution is 7.09. The molecular formula is C9H13N5OS. The third-order valence-corrected chi connectivity index (χ3v) is 2.81. The lowest BCUT2D eigenvalue weighted by Crippen LogP contribution is -2.04. The van der Waals surface area contributed by atoms with Crippen LogP contribution in [0.2, 0.25) is 0 Å². The molecule has 0 aliphatic rings. The van der Waals surface area contributed by atoms with Crippen LogP contribution in [0.1, 0.15) is 44.3 Å².